The van der Waals surface area contributed by atoms with Crippen molar-refractivity contribution in [1.29, 1.82) is 0 Å². The Kier molecular flexibility index (Phi) is 27.7. The van der Waals surface area contributed by atoms with Crippen LogP contribution in [0.25, 0.3) is 0 Å². The van der Waals surface area contributed by atoms with Crippen molar-refractivity contribution in [2.24, 2.45) is 11.3 Å². The van der Waals surface area contributed by atoms with Gasteiger partial charge < -0.3 is 58.0 Å². The van der Waals surface area contributed by atoms with Gasteiger partial charge >= 0.3 is 48.0 Å². The van der Waals surface area contributed by atoms with E-state index in [4.69, 9.17) is 47.4 Å². The first kappa shape index (κ1) is 60.8. The minimum atomic E-state index is -0.961. The molecule has 2 amide bonds. The highest BCUT2D eigenvalue weighted by atomic mass is 16.6. The molecule has 0 aliphatic carbocycles. The van der Waals surface area contributed by atoms with Crippen molar-refractivity contribution in [2.75, 3.05) is 65.9 Å². The molecule has 0 saturated heterocycles. The van der Waals surface area contributed by atoms with E-state index in [1.165, 1.54) is 13.8 Å². The van der Waals surface area contributed by atoms with E-state index in [9.17, 15) is 38.4 Å². The van der Waals surface area contributed by atoms with Crippen LogP contribution in [0.4, 0.5) is 9.59 Å². The summed E-state index contributed by atoms with van der Waals surface area (Å²) < 4.78 is 53.8. The Hall–Kier alpha value is -5.24. The molecule has 2 atom stereocenters. The van der Waals surface area contributed by atoms with Crippen molar-refractivity contribution in [3.8, 4) is 0 Å². The number of rotatable bonds is 31. The molecule has 66 heavy (non-hydrogen) atoms. The number of ether oxygens (including phenoxy) is 10. The number of unbranched alkanes of at least 4 members (excludes halogenated alkanes) is 1. The molecule has 378 valence electrons. The van der Waals surface area contributed by atoms with E-state index < -0.39 is 78.2 Å². The predicted octanol–water partition coefficient (Wildman–Crippen LogP) is 5.61. The van der Waals surface area contributed by atoms with Crippen molar-refractivity contribution < 1.29 is 85.7 Å². The van der Waals surface area contributed by atoms with Crippen LogP contribution in [0.15, 0.2) is 24.3 Å². The van der Waals surface area contributed by atoms with Crippen LogP contribution in [0.1, 0.15) is 122 Å². The van der Waals surface area contributed by atoms with Gasteiger partial charge in [0.1, 0.15) is 31.5 Å². The lowest BCUT2D eigenvalue weighted by molar-refractivity contribution is -0.166. The van der Waals surface area contributed by atoms with Crippen LogP contribution in [0.3, 0.4) is 0 Å². The maximum absolute atomic E-state index is 12.9. The zero-order valence-corrected chi connectivity index (χ0v) is 41.2. The number of alkyl carbamates (subject to hydrolysis) is 2. The van der Waals surface area contributed by atoms with E-state index in [1.807, 2.05) is 34.6 Å². The summed E-state index contributed by atoms with van der Waals surface area (Å²) in [6.07, 6.45) is -1.41. The van der Waals surface area contributed by atoms with Gasteiger partial charge in [0.2, 0.25) is 0 Å². The summed E-state index contributed by atoms with van der Waals surface area (Å²) in [5.74, 6) is -4.09. The van der Waals surface area contributed by atoms with Crippen LogP contribution in [0, 0.1) is 11.3 Å². The first-order valence-electron chi connectivity index (χ1n) is 21.9. The average Bonchev–Trinajstić information content (AvgIpc) is 3.18. The quantitative estimate of drug-likeness (QED) is 0.0371. The Balaban J connectivity index is 5.26. The highest BCUT2D eigenvalue weighted by molar-refractivity contribution is 5.87. The summed E-state index contributed by atoms with van der Waals surface area (Å²) >= 11 is 0. The van der Waals surface area contributed by atoms with Crippen molar-refractivity contribution in [2.45, 2.75) is 145 Å². The molecule has 0 saturated carbocycles. The summed E-state index contributed by atoms with van der Waals surface area (Å²) in [7, 11) is 0. The van der Waals surface area contributed by atoms with Crippen molar-refractivity contribution in [1.82, 2.24) is 10.6 Å². The van der Waals surface area contributed by atoms with Gasteiger partial charge in [-0.05, 0) is 87.0 Å². The van der Waals surface area contributed by atoms with E-state index >= 15 is 0 Å². The number of carbonyl (C=O) groups excluding carboxylic acids is 8. The fraction of sp³-hybridized carbons (Fsp3) is 0.739. The summed E-state index contributed by atoms with van der Waals surface area (Å²) in [6, 6.07) is 0. The zero-order chi connectivity index (χ0) is 50.7. The molecule has 0 aromatic rings. The number of hydrogen-bond donors (Lipinski definition) is 2. The Labute approximate surface area is 389 Å². The molecule has 0 spiro atoms. The molecule has 0 fully saturated rings. The lowest BCUT2D eigenvalue weighted by atomic mass is 9.81. The second-order valence-corrected chi connectivity index (χ2v) is 18.8. The van der Waals surface area contributed by atoms with E-state index in [-0.39, 0.29) is 100 Å². The van der Waals surface area contributed by atoms with Crippen LogP contribution in [0.2, 0.25) is 0 Å². The highest BCUT2D eigenvalue weighted by Crippen LogP contribution is 2.29. The smallest absolute Gasteiger partial charge is 0.407 e. The number of esters is 6. The maximum Gasteiger partial charge on any atom is 0.407 e. The van der Waals surface area contributed by atoms with Gasteiger partial charge in [0, 0.05) is 36.3 Å². The van der Waals surface area contributed by atoms with Gasteiger partial charge in [-0.1, -0.05) is 33.9 Å². The van der Waals surface area contributed by atoms with Crippen molar-refractivity contribution in [3.63, 3.8) is 0 Å². The minimum absolute atomic E-state index is 0.00763. The Morgan fingerprint density at radius 3 is 1.45 bits per heavy atom. The second kappa shape index (κ2) is 30.1. The third-order valence-electron chi connectivity index (χ3n) is 8.97. The maximum atomic E-state index is 12.9. The van der Waals surface area contributed by atoms with Gasteiger partial charge in [-0.25, -0.2) is 28.8 Å². The van der Waals surface area contributed by atoms with Gasteiger partial charge in [-0.15, -0.1) is 0 Å². The largest absolute Gasteiger partial charge is 0.463 e. The molecule has 2 N–H and O–H groups in total. The van der Waals surface area contributed by atoms with E-state index in [1.54, 1.807) is 34.6 Å². The molecular formula is C46H76N2O18. The Morgan fingerprint density at radius 2 is 1.00 bits per heavy atom. The fourth-order valence-electron chi connectivity index (χ4n) is 5.09. The molecule has 2 unspecified atom stereocenters. The van der Waals surface area contributed by atoms with E-state index in [0.29, 0.717) is 19.3 Å². The van der Waals surface area contributed by atoms with Crippen LogP contribution in [-0.2, 0) is 76.1 Å². The first-order valence-corrected chi connectivity index (χ1v) is 21.9. The molecule has 20 nitrogen and oxygen atoms in total. The van der Waals surface area contributed by atoms with E-state index in [2.05, 4.69) is 23.8 Å². The van der Waals surface area contributed by atoms with Crippen LogP contribution in [0.5, 0.6) is 0 Å². The Bertz CT molecular complexity index is 1630. The molecule has 20 heteroatoms. The number of amides is 2. The first-order chi connectivity index (χ1) is 30.4. The van der Waals surface area contributed by atoms with Crippen molar-refractivity contribution >= 4 is 48.0 Å². The van der Waals surface area contributed by atoms with Gasteiger partial charge in [-0.3, -0.25) is 9.59 Å². The molecule has 0 heterocycles. The molecule has 0 aliphatic heterocycles. The molecule has 0 radical (unpaired) electrons. The SMILES string of the molecule is C=C(C)C(=O)OCCNC(=O)OCC(=O)OCC(CC(C)(C)OCCC(C)(C)OCC(COC(=O)COC(=O)NCCOC(=O)C(=C)C)C(C)(C)C)OC(=O)CCCCC(=O)OC(C)(C)C. The van der Waals surface area contributed by atoms with Gasteiger partial charge in [0.25, 0.3) is 0 Å². The lowest BCUT2D eigenvalue weighted by Crippen LogP contribution is -2.38. The molecule has 0 bridgehead atoms. The predicted molar refractivity (Wildman–Crippen MR) is 239 cm³/mol. The normalized spacial score (nSPS) is 12.6. The molecule has 0 aromatic carbocycles. The average molecular weight is 945 g/mol. The topological polar surface area (TPSA) is 253 Å². The summed E-state index contributed by atoms with van der Waals surface area (Å²) in [4.78, 5) is 96.7. The standard InChI is InChI=1S/C46H76N2O18/c1-31(2)39(53)57-23-20-47-41(55)61-29-37(51)59-26-33(43(5,6)7)27-64-45(11,12)19-22-63-46(13,14)25-34(65-35(49)17-15-16-18-36(50)66-44(8,9)10)28-60-38(52)30-62-42(56)48-21-24-58-40(54)32(3)4/h33-34H,1,3,15-30H2,2,4-14H3,(H,47,55)(H,48,56). The molecular weight excluding hydrogens is 869 g/mol. The third-order valence-corrected chi connectivity index (χ3v) is 8.97. The van der Waals surface area contributed by atoms with Crippen molar-refractivity contribution in [3.05, 3.63) is 24.3 Å². The monoisotopic (exact) mass is 945 g/mol. The fourth-order valence-corrected chi connectivity index (χ4v) is 5.09. The number of carbonyl (C=O) groups is 8. The Morgan fingerprint density at radius 1 is 0.530 bits per heavy atom. The number of nitrogens with one attached hydrogen (secondary N) is 2. The summed E-state index contributed by atoms with van der Waals surface area (Å²) in [5, 5.41) is 4.69. The van der Waals surface area contributed by atoms with E-state index in [0.717, 1.165) is 0 Å². The van der Waals surface area contributed by atoms with Crippen LogP contribution in [-0.4, -0.2) is 137 Å². The second-order valence-electron chi connectivity index (χ2n) is 18.8. The summed E-state index contributed by atoms with van der Waals surface area (Å²) in [5.41, 5.74) is -2.17. The van der Waals surface area contributed by atoms with Crippen LogP contribution >= 0.6 is 0 Å². The molecule has 0 aromatic heterocycles. The summed E-state index contributed by atoms with van der Waals surface area (Å²) in [6.45, 7) is 26.8. The minimum Gasteiger partial charge on any atom is -0.463 e. The highest BCUT2D eigenvalue weighted by Gasteiger charge is 2.32. The van der Waals surface area contributed by atoms with Gasteiger partial charge in [-0.2, -0.15) is 0 Å². The lowest BCUT2D eigenvalue weighted by Gasteiger charge is -2.35. The third kappa shape index (κ3) is 32.4. The zero-order valence-electron chi connectivity index (χ0n) is 41.2. The van der Waals surface area contributed by atoms with Gasteiger partial charge in [0.05, 0.1) is 44.1 Å². The molecule has 0 aliphatic rings. The molecule has 0 rings (SSSR count). The van der Waals surface area contributed by atoms with Crippen LogP contribution < -0.4 is 10.6 Å². The number of hydrogen-bond acceptors (Lipinski definition) is 18. The van der Waals surface area contributed by atoms with Gasteiger partial charge in [0.15, 0.2) is 13.2 Å².